The standard InChI is InChI=1S/C9H17N3O4S2/c1-4(11-8(14)5(10)2-17)7(13)12-6(3-18)9(15)16/h4-6,17-18H,2-3,10H2,1H3,(H,11,14)(H,12,13)(H,15,16)/t4-,5-,6-/m0/s1. The fraction of sp³-hybridized carbons (Fsp3) is 0.667. The van der Waals surface area contributed by atoms with Gasteiger partial charge >= 0.3 is 5.97 Å². The summed E-state index contributed by atoms with van der Waals surface area (Å²) < 4.78 is 0. The number of carbonyl (C=O) groups is 3. The Hall–Kier alpha value is -0.930. The van der Waals surface area contributed by atoms with Crippen molar-refractivity contribution in [1.82, 2.24) is 10.6 Å². The molecule has 2 amide bonds. The van der Waals surface area contributed by atoms with Gasteiger partial charge in [-0.2, -0.15) is 25.3 Å². The van der Waals surface area contributed by atoms with Gasteiger partial charge in [0.05, 0.1) is 6.04 Å². The van der Waals surface area contributed by atoms with Crippen LogP contribution in [0.2, 0.25) is 0 Å². The van der Waals surface area contributed by atoms with Gasteiger partial charge in [-0.05, 0) is 6.92 Å². The Bertz CT molecular complexity index is 327. The molecule has 0 unspecified atom stereocenters. The number of carboxylic acids is 1. The van der Waals surface area contributed by atoms with Crippen LogP contribution >= 0.6 is 25.3 Å². The zero-order valence-electron chi connectivity index (χ0n) is 9.79. The van der Waals surface area contributed by atoms with E-state index >= 15 is 0 Å². The number of hydrogen-bond donors (Lipinski definition) is 6. The monoisotopic (exact) mass is 295 g/mol. The van der Waals surface area contributed by atoms with Crippen molar-refractivity contribution < 1.29 is 19.5 Å². The van der Waals surface area contributed by atoms with Crippen LogP contribution in [-0.4, -0.2) is 52.5 Å². The van der Waals surface area contributed by atoms with Gasteiger partial charge in [-0.15, -0.1) is 0 Å². The van der Waals surface area contributed by atoms with Gasteiger partial charge in [0, 0.05) is 11.5 Å². The Balaban J connectivity index is 4.34. The average Bonchev–Trinajstić information content (AvgIpc) is 2.33. The number of nitrogens with one attached hydrogen (secondary N) is 2. The third-order valence-electron chi connectivity index (χ3n) is 2.08. The molecule has 0 spiro atoms. The first-order valence-electron chi connectivity index (χ1n) is 5.14. The van der Waals surface area contributed by atoms with Crippen molar-refractivity contribution in [3.63, 3.8) is 0 Å². The van der Waals surface area contributed by atoms with Crippen LogP contribution < -0.4 is 16.4 Å². The molecule has 18 heavy (non-hydrogen) atoms. The molecular formula is C9H17N3O4S2. The van der Waals surface area contributed by atoms with E-state index in [1.165, 1.54) is 6.92 Å². The Labute approximate surface area is 116 Å². The fourth-order valence-electron chi connectivity index (χ4n) is 0.951. The van der Waals surface area contributed by atoms with Gasteiger partial charge in [0.15, 0.2) is 0 Å². The van der Waals surface area contributed by atoms with Crippen LogP contribution in [-0.2, 0) is 14.4 Å². The molecule has 0 saturated carbocycles. The van der Waals surface area contributed by atoms with Crippen LogP contribution in [0.4, 0.5) is 0 Å². The molecule has 0 aromatic carbocycles. The number of amides is 2. The highest BCUT2D eigenvalue weighted by molar-refractivity contribution is 7.80. The quantitative estimate of drug-likeness (QED) is 0.311. The normalized spacial score (nSPS) is 15.3. The molecular weight excluding hydrogens is 278 g/mol. The highest BCUT2D eigenvalue weighted by Crippen LogP contribution is 1.92. The molecule has 0 rings (SSSR count). The van der Waals surface area contributed by atoms with Crippen LogP contribution in [0, 0.1) is 0 Å². The summed E-state index contributed by atoms with van der Waals surface area (Å²) in [5.41, 5.74) is 5.41. The lowest BCUT2D eigenvalue weighted by atomic mass is 10.2. The highest BCUT2D eigenvalue weighted by Gasteiger charge is 2.23. The Kier molecular flexibility index (Phi) is 7.80. The van der Waals surface area contributed by atoms with E-state index in [9.17, 15) is 14.4 Å². The first-order valence-corrected chi connectivity index (χ1v) is 6.40. The molecule has 0 aromatic rings. The maximum Gasteiger partial charge on any atom is 0.327 e. The summed E-state index contributed by atoms with van der Waals surface area (Å²) >= 11 is 7.66. The van der Waals surface area contributed by atoms with Gasteiger partial charge in [-0.1, -0.05) is 0 Å². The minimum atomic E-state index is -1.19. The maximum atomic E-state index is 11.6. The van der Waals surface area contributed by atoms with Gasteiger partial charge in [0.2, 0.25) is 11.8 Å². The number of aliphatic carboxylic acids is 1. The van der Waals surface area contributed by atoms with Crippen LogP contribution in [0.15, 0.2) is 0 Å². The van der Waals surface area contributed by atoms with Crippen molar-refractivity contribution >= 4 is 43.0 Å². The number of rotatable bonds is 7. The van der Waals surface area contributed by atoms with Crippen LogP contribution in [0.5, 0.6) is 0 Å². The molecule has 0 aliphatic rings. The number of hydrogen-bond acceptors (Lipinski definition) is 6. The Morgan fingerprint density at radius 3 is 2.11 bits per heavy atom. The minimum Gasteiger partial charge on any atom is -0.480 e. The third-order valence-corrected chi connectivity index (χ3v) is 2.84. The van der Waals surface area contributed by atoms with Crippen molar-refractivity contribution in [3.05, 3.63) is 0 Å². The molecule has 9 heteroatoms. The van der Waals surface area contributed by atoms with E-state index in [0.29, 0.717) is 0 Å². The summed E-state index contributed by atoms with van der Waals surface area (Å²) in [5.74, 6) is -2.22. The zero-order chi connectivity index (χ0) is 14.3. The van der Waals surface area contributed by atoms with E-state index in [2.05, 4.69) is 35.9 Å². The summed E-state index contributed by atoms with van der Waals surface area (Å²) in [5, 5.41) is 13.3. The van der Waals surface area contributed by atoms with E-state index in [0.717, 1.165) is 0 Å². The van der Waals surface area contributed by atoms with Gasteiger partial charge < -0.3 is 21.5 Å². The Morgan fingerprint density at radius 2 is 1.72 bits per heavy atom. The van der Waals surface area contributed by atoms with E-state index in [1.807, 2.05) is 0 Å². The summed E-state index contributed by atoms with van der Waals surface area (Å²) in [6, 6.07) is -2.80. The van der Waals surface area contributed by atoms with Crippen molar-refractivity contribution in [2.24, 2.45) is 5.73 Å². The lowest BCUT2D eigenvalue weighted by Gasteiger charge is -2.18. The van der Waals surface area contributed by atoms with Crippen LogP contribution in [0.3, 0.4) is 0 Å². The summed E-state index contributed by atoms with van der Waals surface area (Å²) in [4.78, 5) is 33.6. The van der Waals surface area contributed by atoms with Gasteiger partial charge in [-0.25, -0.2) is 4.79 Å². The van der Waals surface area contributed by atoms with Crippen molar-refractivity contribution in [1.29, 1.82) is 0 Å². The second-order valence-electron chi connectivity index (χ2n) is 3.60. The van der Waals surface area contributed by atoms with Crippen LogP contribution in [0.25, 0.3) is 0 Å². The molecule has 0 fully saturated rings. The first-order chi connectivity index (χ1) is 8.33. The molecule has 5 N–H and O–H groups in total. The maximum absolute atomic E-state index is 11.6. The van der Waals surface area contributed by atoms with Crippen molar-refractivity contribution in [2.45, 2.75) is 25.0 Å². The van der Waals surface area contributed by atoms with Crippen LogP contribution in [0.1, 0.15) is 6.92 Å². The number of thiol groups is 2. The predicted octanol–water partition coefficient (Wildman–Crippen LogP) is -1.75. The number of carboxylic acid groups (broad SMARTS) is 1. The lowest BCUT2D eigenvalue weighted by Crippen LogP contribution is -2.54. The Morgan fingerprint density at radius 1 is 1.17 bits per heavy atom. The van der Waals surface area contributed by atoms with E-state index in [-0.39, 0.29) is 11.5 Å². The summed E-state index contributed by atoms with van der Waals surface area (Å²) in [6.45, 7) is 1.43. The molecule has 0 aliphatic heterocycles. The SMILES string of the molecule is C[C@H](NC(=O)[C@@H](N)CS)C(=O)N[C@@H](CS)C(=O)O. The third kappa shape index (κ3) is 5.61. The lowest BCUT2D eigenvalue weighted by molar-refractivity contribution is -0.141. The molecule has 0 bridgehead atoms. The number of nitrogens with two attached hydrogens (primary N) is 1. The van der Waals surface area contributed by atoms with Crippen molar-refractivity contribution in [3.8, 4) is 0 Å². The minimum absolute atomic E-state index is 0.0438. The average molecular weight is 295 g/mol. The highest BCUT2D eigenvalue weighted by atomic mass is 32.1. The van der Waals surface area contributed by atoms with E-state index < -0.39 is 35.9 Å². The largest absolute Gasteiger partial charge is 0.480 e. The molecule has 0 aliphatic carbocycles. The van der Waals surface area contributed by atoms with Gasteiger partial charge in [0.1, 0.15) is 12.1 Å². The topological polar surface area (TPSA) is 122 Å². The molecule has 0 heterocycles. The first kappa shape index (κ1) is 17.1. The van der Waals surface area contributed by atoms with Crippen molar-refractivity contribution in [2.75, 3.05) is 11.5 Å². The number of carbonyl (C=O) groups excluding carboxylic acids is 2. The zero-order valence-corrected chi connectivity index (χ0v) is 11.6. The molecule has 104 valence electrons. The smallest absolute Gasteiger partial charge is 0.327 e. The second kappa shape index (κ2) is 8.22. The molecule has 0 aromatic heterocycles. The van der Waals surface area contributed by atoms with E-state index in [4.69, 9.17) is 10.8 Å². The van der Waals surface area contributed by atoms with Gasteiger partial charge in [-0.3, -0.25) is 9.59 Å². The van der Waals surface area contributed by atoms with Gasteiger partial charge in [0.25, 0.3) is 0 Å². The summed E-state index contributed by atoms with van der Waals surface area (Å²) in [6.07, 6.45) is 0. The molecule has 0 saturated heterocycles. The molecule has 0 radical (unpaired) electrons. The van der Waals surface area contributed by atoms with E-state index in [1.54, 1.807) is 0 Å². The molecule has 3 atom stereocenters. The second-order valence-corrected chi connectivity index (χ2v) is 4.33. The fourth-order valence-corrected chi connectivity index (χ4v) is 1.36. The summed E-state index contributed by atoms with van der Waals surface area (Å²) in [7, 11) is 0. The predicted molar refractivity (Wildman–Crippen MR) is 72.9 cm³/mol. The molecule has 7 nitrogen and oxygen atoms in total.